The fourth-order valence-corrected chi connectivity index (χ4v) is 1.96. The van der Waals surface area contributed by atoms with Crippen molar-refractivity contribution in [3.05, 3.63) is 29.3 Å². The average Bonchev–Trinajstić information content (AvgIpc) is 2.24. The molecule has 1 aromatic rings. The Labute approximate surface area is 109 Å². The molecule has 0 spiro atoms. The van der Waals surface area contributed by atoms with Gasteiger partial charge in [0.15, 0.2) is 5.82 Å². The fourth-order valence-electron chi connectivity index (χ4n) is 1.35. The molecule has 0 atom stereocenters. The summed E-state index contributed by atoms with van der Waals surface area (Å²) in [6.45, 7) is 3.80. The van der Waals surface area contributed by atoms with Crippen molar-refractivity contribution < 1.29 is 22.0 Å². The number of sulfonamides is 1. The van der Waals surface area contributed by atoms with E-state index in [1.807, 2.05) is 0 Å². The van der Waals surface area contributed by atoms with Crippen molar-refractivity contribution in [2.45, 2.75) is 18.7 Å². The molecule has 0 fully saturated rings. The highest BCUT2D eigenvalue weighted by atomic mass is 32.2. The molecule has 0 aliphatic carbocycles. The highest BCUT2D eigenvalue weighted by Gasteiger charge is 2.25. The smallest absolute Gasteiger partial charge is 0.257 e. The van der Waals surface area contributed by atoms with Gasteiger partial charge >= 0.3 is 0 Å². The molecule has 0 aliphatic heterocycles. The zero-order chi connectivity index (χ0) is 14.8. The van der Waals surface area contributed by atoms with E-state index in [0.29, 0.717) is 12.1 Å². The Hall–Kier alpha value is -1.54. The second-order valence-electron chi connectivity index (χ2n) is 4.38. The molecule has 5 nitrogen and oxygen atoms in total. The van der Waals surface area contributed by atoms with Crippen LogP contribution in [0, 0.1) is 17.6 Å². The fraction of sp³-hybridized carbons (Fsp3) is 0.364. The number of carbonyl (C=O) groups excluding carboxylic acids is 1. The Kier molecular flexibility index (Phi) is 4.59. The van der Waals surface area contributed by atoms with Crippen LogP contribution in [0.2, 0.25) is 0 Å². The third-order valence-corrected chi connectivity index (χ3v) is 3.19. The molecule has 1 amide bonds. The van der Waals surface area contributed by atoms with Crippen molar-refractivity contribution in [3.63, 3.8) is 0 Å². The number of primary sulfonamides is 1. The summed E-state index contributed by atoms with van der Waals surface area (Å²) in [5.41, 5.74) is -0.952. The lowest BCUT2D eigenvalue weighted by molar-refractivity contribution is 0.0940. The van der Waals surface area contributed by atoms with Gasteiger partial charge in [-0.15, -0.1) is 0 Å². The standard InChI is InChI=1S/C11H14F2N2O3S/c1-6(2)5-15-11(16)9-7(12)3-4-8(10(9)13)19(14,17)18/h3-4,6H,5H2,1-2H3,(H,15,16)(H2,14,17,18). The maximum Gasteiger partial charge on any atom is 0.257 e. The third-order valence-electron chi connectivity index (χ3n) is 2.26. The second-order valence-corrected chi connectivity index (χ2v) is 5.91. The molecule has 0 heterocycles. The minimum absolute atomic E-state index is 0.0801. The van der Waals surface area contributed by atoms with E-state index in [4.69, 9.17) is 5.14 Å². The molecule has 19 heavy (non-hydrogen) atoms. The van der Waals surface area contributed by atoms with Crippen molar-refractivity contribution in [1.29, 1.82) is 0 Å². The van der Waals surface area contributed by atoms with Crippen molar-refractivity contribution in [3.8, 4) is 0 Å². The Morgan fingerprint density at radius 3 is 2.42 bits per heavy atom. The van der Waals surface area contributed by atoms with Gasteiger partial charge in [0.1, 0.15) is 16.3 Å². The summed E-state index contributed by atoms with van der Waals surface area (Å²) in [6, 6.07) is 1.37. The van der Waals surface area contributed by atoms with Crippen molar-refractivity contribution >= 4 is 15.9 Å². The Morgan fingerprint density at radius 2 is 1.95 bits per heavy atom. The number of hydrogen-bond donors (Lipinski definition) is 2. The first-order valence-electron chi connectivity index (χ1n) is 5.43. The summed E-state index contributed by atoms with van der Waals surface area (Å²) >= 11 is 0. The molecule has 0 saturated carbocycles. The molecule has 0 bridgehead atoms. The van der Waals surface area contributed by atoms with E-state index < -0.39 is 38.0 Å². The molecule has 1 aromatic carbocycles. The van der Waals surface area contributed by atoms with Crippen LogP contribution >= 0.6 is 0 Å². The van der Waals surface area contributed by atoms with E-state index in [1.165, 1.54) is 0 Å². The van der Waals surface area contributed by atoms with E-state index in [1.54, 1.807) is 13.8 Å². The van der Waals surface area contributed by atoms with E-state index >= 15 is 0 Å². The van der Waals surface area contributed by atoms with Gasteiger partial charge in [-0.1, -0.05) is 13.8 Å². The van der Waals surface area contributed by atoms with Gasteiger partial charge < -0.3 is 5.32 Å². The van der Waals surface area contributed by atoms with Gasteiger partial charge in [0.2, 0.25) is 10.0 Å². The maximum atomic E-state index is 13.8. The minimum atomic E-state index is -4.36. The number of carbonyl (C=O) groups is 1. The van der Waals surface area contributed by atoms with Crippen molar-refractivity contribution in [2.75, 3.05) is 6.54 Å². The van der Waals surface area contributed by atoms with Gasteiger partial charge in [-0.25, -0.2) is 22.3 Å². The number of rotatable bonds is 4. The summed E-state index contributed by atoms with van der Waals surface area (Å²) in [6.07, 6.45) is 0. The average molecular weight is 292 g/mol. The van der Waals surface area contributed by atoms with Gasteiger partial charge in [-0.3, -0.25) is 4.79 Å². The van der Waals surface area contributed by atoms with Crippen LogP contribution in [-0.2, 0) is 10.0 Å². The molecule has 3 N–H and O–H groups in total. The highest BCUT2D eigenvalue weighted by molar-refractivity contribution is 7.89. The molecule has 0 unspecified atom stereocenters. The predicted octanol–water partition coefficient (Wildman–Crippen LogP) is 0.998. The number of nitrogens with one attached hydrogen (secondary N) is 1. The van der Waals surface area contributed by atoms with Crippen LogP contribution in [0.25, 0.3) is 0 Å². The van der Waals surface area contributed by atoms with Crippen LogP contribution in [0.5, 0.6) is 0 Å². The van der Waals surface area contributed by atoms with Crippen molar-refractivity contribution in [2.24, 2.45) is 11.1 Å². The van der Waals surface area contributed by atoms with Gasteiger partial charge in [-0.2, -0.15) is 0 Å². The van der Waals surface area contributed by atoms with Crippen LogP contribution in [0.15, 0.2) is 17.0 Å². The summed E-state index contributed by atoms with van der Waals surface area (Å²) in [7, 11) is -4.36. The number of benzene rings is 1. The van der Waals surface area contributed by atoms with Crippen LogP contribution in [0.1, 0.15) is 24.2 Å². The molecule has 1 rings (SSSR count). The van der Waals surface area contributed by atoms with Gasteiger partial charge in [-0.05, 0) is 18.1 Å². The number of nitrogens with two attached hydrogens (primary N) is 1. The number of amides is 1. The topological polar surface area (TPSA) is 89.3 Å². The molecule has 0 aliphatic rings. The lowest BCUT2D eigenvalue weighted by Gasteiger charge is -2.10. The van der Waals surface area contributed by atoms with Crippen LogP contribution in [-0.4, -0.2) is 20.9 Å². The zero-order valence-electron chi connectivity index (χ0n) is 10.4. The quantitative estimate of drug-likeness (QED) is 0.867. The number of halogens is 2. The normalized spacial score (nSPS) is 11.7. The van der Waals surface area contributed by atoms with Crippen molar-refractivity contribution in [1.82, 2.24) is 5.32 Å². The SMILES string of the molecule is CC(C)CNC(=O)c1c(F)ccc(S(N)(=O)=O)c1F. The largest absolute Gasteiger partial charge is 0.352 e. The van der Waals surface area contributed by atoms with Gasteiger partial charge in [0.05, 0.1) is 0 Å². The molecule has 106 valence electrons. The first kappa shape index (κ1) is 15.5. The summed E-state index contributed by atoms with van der Waals surface area (Å²) in [4.78, 5) is 10.7. The molecule has 0 saturated heterocycles. The Bertz CT molecular complexity index is 600. The summed E-state index contributed by atoms with van der Waals surface area (Å²) in [5, 5.41) is 7.08. The molecular formula is C11H14F2N2O3S. The lowest BCUT2D eigenvalue weighted by atomic mass is 10.1. The minimum Gasteiger partial charge on any atom is -0.352 e. The van der Waals surface area contributed by atoms with E-state index in [9.17, 15) is 22.0 Å². The van der Waals surface area contributed by atoms with E-state index in [-0.39, 0.29) is 12.5 Å². The zero-order valence-corrected chi connectivity index (χ0v) is 11.2. The van der Waals surface area contributed by atoms with Crippen LogP contribution in [0.3, 0.4) is 0 Å². The first-order valence-corrected chi connectivity index (χ1v) is 6.98. The second kappa shape index (κ2) is 5.62. The van der Waals surface area contributed by atoms with Crippen LogP contribution in [0.4, 0.5) is 8.78 Å². The Balaban J connectivity index is 3.24. The highest BCUT2D eigenvalue weighted by Crippen LogP contribution is 2.20. The van der Waals surface area contributed by atoms with Gasteiger partial charge in [0.25, 0.3) is 5.91 Å². The maximum absolute atomic E-state index is 13.8. The predicted molar refractivity (Wildman–Crippen MR) is 64.9 cm³/mol. The summed E-state index contributed by atoms with van der Waals surface area (Å²) < 4.78 is 49.5. The lowest BCUT2D eigenvalue weighted by Crippen LogP contribution is -2.29. The monoisotopic (exact) mass is 292 g/mol. The van der Waals surface area contributed by atoms with E-state index in [2.05, 4.69) is 5.32 Å². The molecule has 0 radical (unpaired) electrons. The summed E-state index contributed by atoms with van der Waals surface area (Å²) in [5.74, 6) is -3.57. The number of hydrogen-bond acceptors (Lipinski definition) is 3. The van der Waals surface area contributed by atoms with Crippen LogP contribution < -0.4 is 10.5 Å². The first-order chi connectivity index (χ1) is 8.64. The Morgan fingerprint density at radius 1 is 1.37 bits per heavy atom. The molecule has 8 heteroatoms. The van der Waals surface area contributed by atoms with E-state index in [0.717, 1.165) is 0 Å². The van der Waals surface area contributed by atoms with Gasteiger partial charge in [0, 0.05) is 6.54 Å². The molecular weight excluding hydrogens is 278 g/mol. The molecule has 0 aromatic heterocycles. The third kappa shape index (κ3) is 3.71.